The lowest BCUT2D eigenvalue weighted by atomic mass is 10.1. The molecule has 0 unspecified atom stereocenters. The molecule has 27 heavy (non-hydrogen) atoms. The predicted octanol–water partition coefficient (Wildman–Crippen LogP) is 3.57. The van der Waals surface area contributed by atoms with Crippen molar-refractivity contribution in [2.75, 3.05) is 19.0 Å². The molecule has 1 atom stereocenters. The van der Waals surface area contributed by atoms with E-state index < -0.39 is 18.0 Å². The second kappa shape index (κ2) is 9.07. The average Bonchev–Trinajstić information content (AvgIpc) is 2.61. The molecule has 0 saturated heterocycles. The Morgan fingerprint density at radius 1 is 1.00 bits per heavy atom. The van der Waals surface area contributed by atoms with Crippen molar-refractivity contribution in [2.45, 2.75) is 33.8 Å². The molecule has 0 aliphatic carbocycles. The third kappa shape index (κ3) is 5.74. The summed E-state index contributed by atoms with van der Waals surface area (Å²) in [7, 11) is 1.52. The van der Waals surface area contributed by atoms with Gasteiger partial charge in [-0.15, -0.1) is 0 Å². The molecule has 6 nitrogen and oxygen atoms in total. The molecule has 0 radical (unpaired) electrons. The smallest absolute Gasteiger partial charge is 0.344 e. The maximum absolute atomic E-state index is 12.3. The van der Waals surface area contributed by atoms with Gasteiger partial charge in [0.1, 0.15) is 11.5 Å². The Labute approximate surface area is 159 Å². The Hall–Kier alpha value is -3.02. The summed E-state index contributed by atoms with van der Waals surface area (Å²) >= 11 is 0. The lowest BCUT2D eigenvalue weighted by Crippen LogP contribution is -2.31. The fourth-order valence-electron chi connectivity index (χ4n) is 2.54. The van der Waals surface area contributed by atoms with Crippen LogP contribution in [0.5, 0.6) is 11.5 Å². The molecule has 2 aromatic rings. The van der Waals surface area contributed by atoms with Crippen LogP contribution in [-0.2, 0) is 14.3 Å². The van der Waals surface area contributed by atoms with E-state index in [9.17, 15) is 9.59 Å². The highest BCUT2D eigenvalue weighted by molar-refractivity contribution is 5.96. The van der Waals surface area contributed by atoms with Crippen LogP contribution in [0.4, 0.5) is 5.69 Å². The van der Waals surface area contributed by atoms with Gasteiger partial charge in [-0.25, -0.2) is 4.79 Å². The molecule has 0 aromatic heterocycles. The van der Waals surface area contributed by atoms with Gasteiger partial charge in [0.05, 0.1) is 12.8 Å². The molecule has 0 saturated carbocycles. The molecule has 0 aliphatic rings. The maximum Gasteiger partial charge on any atom is 0.344 e. The molecular weight excluding hydrogens is 346 g/mol. The van der Waals surface area contributed by atoms with E-state index >= 15 is 0 Å². The van der Waals surface area contributed by atoms with Crippen molar-refractivity contribution < 1.29 is 23.8 Å². The molecule has 2 aromatic carbocycles. The third-order valence-electron chi connectivity index (χ3n) is 3.97. The van der Waals surface area contributed by atoms with Crippen LogP contribution in [0.3, 0.4) is 0 Å². The minimum Gasteiger partial charge on any atom is -0.495 e. The number of hydrogen-bond donors (Lipinski definition) is 1. The van der Waals surface area contributed by atoms with Crippen molar-refractivity contribution in [3.05, 3.63) is 53.1 Å². The van der Waals surface area contributed by atoms with Gasteiger partial charge in [-0.1, -0.05) is 23.8 Å². The highest BCUT2D eigenvalue weighted by Gasteiger charge is 2.20. The number of methoxy groups -OCH3 is 1. The first kappa shape index (κ1) is 20.3. The number of aryl methyl sites for hydroxylation is 3. The lowest BCUT2D eigenvalue weighted by molar-refractivity contribution is -0.155. The standard InChI is InChI=1S/C21H25NO5/c1-13-6-8-18(15(3)10-13)26-12-20(23)27-16(4)21(24)22-17-11-14(2)7-9-19(17)25-5/h6-11,16H,12H2,1-5H3,(H,22,24)/t16-/m1/s1. The first-order valence-electron chi connectivity index (χ1n) is 8.65. The fraction of sp³-hybridized carbons (Fsp3) is 0.333. The van der Waals surface area contributed by atoms with Crippen molar-refractivity contribution in [2.24, 2.45) is 0 Å². The van der Waals surface area contributed by atoms with Gasteiger partial charge in [0.2, 0.25) is 0 Å². The summed E-state index contributed by atoms with van der Waals surface area (Å²) in [6.45, 7) is 7.03. The minimum absolute atomic E-state index is 0.269. The molecule has 2 rings (SSSR count). The molecule has 0 aliphatic heterocycles. The van der Waals surface area contributed by atoms with Gasteiger partial charge in [0, 0.05) is 0 Å². The van der Waals surface area contributed by atoms with Gasteiger partial charge in [-0.05, 0) is 57.0 Å². The Morgan fingerprint density at radius 3 is 2.26 bits per heavy atom. The van der Waals surface area contributed by atoms with Crippen LogP contribution in [0.1, 0.15) is 23.6 Å². The van der Waals surface area contributed by atoms with Crippen molar-refractivity contribution in [1.82, 2.24) is 0 Å². The molecule has 0 spiro atoms. The first-order chi connectivity index (χ1) is 12.8. The van der Waals surface area contributed by atoms with E-state index in [0.29, 0.717) is 17.2 Å². The second-order valence-corrected chi connectivity index (χ2v) is 6.38. The molecule has 0 fully saturated rings. The highest BCUT2D eigenvalue weighted by Crippen LogP contribution is 2.25. The maximum atomic E-state index is 12.3. The van der Waals surface area contributed by atoms with E-state index in [-0.39, 0.29) is 6.61 Å². The van der Waals surface area contributed by atoms with E-state index in [1.807, 2.05) is 39.0 Å². The number of benzene rings is 2. The van der Waals surface area contributed by atoms with Crippen molar-refractivity contribution >= 4 is 17.6 Å². The number of esters is 1. The fourth-order valence-corrected chi connectivity index (χ4v) is 2.54. The van der Waals surface area contributed by atoms with E-state index in [1.165, 1.54) is 14.0 Å². The number of carbonyl (C=O) groups is 2. The summed E-state index contributed by atoms with van der Waals surface area (Å²) in [5.41, 5.74) is 3.54. The molecule has 1 N–H and O–H groups in total. The summed E-state index contributed by atoms with van der Waals surface area (Å²) in [6.07, 6.45) is -0.967. The van der Waals surface area contributed by atoms with E-state index in [2.05, 4.69) is 5.32 Å². The Balaban J connectivity index is 1.90. The number of ether oxygens (including phenoxy) is 3. The molecule has 0 heterocycles. The number of nitrogens with one attached hydrogen (secondary N) is 1. The van der Waals surface area contributed by atoms with Crippen molar-refractivity contribution in [3.63, 3.8) is 0 Å². The van der Waals surface area contributed by atoms with Crippen LogP contribution in [0.25, 0.3) is 0 Å². The molecule has 0 bridgehead atoms. The van der Waals surface area contributed by atoms with E-state index in [4.69, 9.17) is 14.2 Å². The monoisotopic (exact) mass is 371 g/mol. The highest BCUT2D eigenvalue weighted by atomic mass is 16.6. The minimum atomic E-state index is -0.967. The zero-order chi connectivity index (χ0) is 20.0. The summed E-state index contributed by atoms with van der Waals surface area (Å²) in [5.74, 6) is 0.0809. The number of anilines is 1. The molecule has 1 amide bonds. The topological polar surface area (TPSA) is 73.9 Å². The summed E-state index contributed by atoms with van der Waals surface area (Å²) in [5, 5.41) is 2.71. The molecule has 6 heteroatoms. The van der Waals surface area contributed by atoms with Crippen molar-refractivity contribution in [1.29, 1.82) is 0 Å². The van der Waals surface area contributed by atoms with Crippen LogP contribution >= 0.6 is 0 Å². The molecular formula is C21H25NO5. The van der Waals surface area contributed by atoms with Crippen LogP contribution in [0, 0.1) is 20.8 Å². The van der Waals surface area contributed by atoms with Crippen LogP contribution in [0.15, 0.2) is 36.4 Å². The van der Waals surface area contributed by atoms with Gasteiger partial charge < -0.3 is 19.5 Å². The van der Waals surface area contributed by atoms with Crippen molar-refractivity contribution in [3.8, 4) is 11.5 Å². The first-order valence-corrected chi connectivity index (χ1v) is 8.65. The van der Waals surface area contributed by atoms with Crippen LogP contribution in [-0.4, -0.2) is 31.7 Å². The Kier molecular flexibility index (Phi) is 6.82. The zero-order valence-corrected chi connectivity index (χ0v) is 16.3. The summed E-state index contributed by atoms with van der Waals surface area (Å²) in [4.78, 5) is 24.3. The number of hydrogen-bond acceptors (Lipinski definition) is 5. The average molecular weight is 371 g/mol. The predicted molar refractivity (Wildman–Crippen MR) is 103 cm³/mol. The summed E-state index contributed by atoms with van der Waals surface area (Å²) < 4.78 is 15.9. The normalized spacial score (nSPS) is 11.4. The van der Waals surface area contributed by atoms with Crippen LogP contribution in [0.2, 0.25) is 0 Å². The number of amides is 1. The van der Waals surface area contributed by atoms with Gasteiger partial charge in [-0.3, -0.25) is 4.79 Å². The summed E-state index contributed by atoms with van der Waals surface area (Å²) in [6, 6.07) is 11.1. The third-order valence-corrected chi connectivity index (χ3v) is 3.97. The number of rotatable bonds is 7. The van der Waals surface area contributed by atoms with E-state index in [0.717, 1.165) is 16.7 Å². The zero-order valence-electron chi connectivity index (χ0n) is 16.3. The Bertz CT molecular complexity index is 831. The molecule has 144 valence electrons. The second-order valence-electron chi connectivity index (χ2n) is 6.38. The van der Waals surface area contributed by atoms with Gasteiger partial charge in [0.25, 0.3) is 5.91 Å². The lowest BCUT2D eigenvalue weighted by Gasteiger charge is -2.16. The van der Waals surface area contributed by atoms with Gasteiger partial charge in [0.15, 0.2) is 12.7 Å². The van der Waals surface area contributed by atoms with Gasteiger partial charge in [-0.2, -0.15) is 0 Å². The van der Waals surface area contributed by atoms with E-state index in [1.54, 1.807) is 18.2 Å². The number of carbonyl (C=O) groups excluding carboxylic acids is 2. The Morgan fingerprint density at radius 2 is 1.63 bits per heavy atom. The van der Waals surface area contributed by atoms with Crippen LogP contribution < -0.4 is 14.8 Å². The quantitative estimate of drug-likeness (QED) is 0.753. The largest absolute Gasteiger partial charge is 0.495 e. The van der Waals surface area contributed by atoms with Gasteiger partial charge >= 0.3 is 5.97 Å². The SMILES string of the molecule is COc1ccc(C)cc1NC(=O)[C@@H](C)OC(=O)COc1ccc(C)cc1C.